The fourth-order valence-electron chi connectivity index (χ4n) is 10.8. The van der Waals surface area contributed by atoms with Crippen LogP contribution in [0.4, 0.5) is 0 Å². The van der Waals surface area contributed by atoms with Crippen LogP contribution in [0, 0.1) is 0 Å². The van der Waals surface area contributed by atoms with Gasteiger partial charge in [0.15, 0.2) is 0 Å². The lowest BCUT2D eigenvalue weighted by Gasteiger charge is -2.24. The summed E-state index contributed by atoms with van der Waals surface area (Å²) in [5, 5.41) is 21.2. The monoisotopic (exact) mass is 694 g/mol. The van der Waals surface area contributed by atoms with E-state index in [1.165, 1.54) is 131 Å². The maximum atomic E-state index is 2.55. The van der Waals surface area contributed by atoms with E-state index in [2.05, 4.69) is 184 Å². The van der Waals surface area contributed by atoms with Crippen LogP contribution in [0.25, 0.3) is 120 Å². The Balaban J connectivity index is 1.11. The first-order valence-corrected chi connectivity index (χ1v) is 19.5. The minimum Gasteiger partial charge on any atom is -0.0616 e. The average Bonchev–Trinajstić information content (AvgIpc) is 3.47. The van der Waals surface area contributed by atoms with E-state index in [-0.39, 0.29) is 5.41 Å². The summed E-state index contributed by atoms with van der Waals surface area (Å²) in [4.78, 5) is 0. The summed E-state index contributed by atoms with van der Waals surface area (Å²) in [6.45, 7) is 4.89. The Kier molecular flexibility index (Phi) is 5.53. The molecule has 55 heavy (non-hydrogen) atoms. The Morgan fingerprint density at radius 1 is 0.273 bits per heavy atom. The van der Waals surface area contributed by atoms with Crippen molar-refractivity contribution < 1.29 is 0 Å². The van der Waals surface area contributed by atoms with Crippen LogP contribution in [0.3, 0.4) is 0 Å². The number of benzene rings is 12. The van der Waals surface area contributed by atoms with Crippen LogP contribution in [0.1, 0.15) is 25.0 Å². The largest absolute Gasteiger partial charge is 0.0616 e. The zero-order valence-corrected chi connectivity index (χ0v) is 30.7. The van der Waals surface area contributed by atoms with Gasteiger partial charge in [-0.2, -0.15) is 0 Å². The first-order chi connectivity index (χ1) is 27.0. The van der Waals surface area contributed by atoms with Crippen molar-refractivity contribution in [2.45, 2.75) is 19.3 Å². The van der Waals surface area contributed by atoms with Gasteiger partial charge < -0.3 is 0 Å². The van der Waals surface area contributed by atoms with Gasteiger partial charge in [0.1, 0.15) is 0 Å². The third-order valence-corrected chi connectivity index (χ3v) is 13.3. The molecular formula is C55H34. The van der Waals surface area contributed by atoms with Crippen molar-refractivity contribution in [1.82, 2.24) is 0 Å². The highest BCUT2D eigenvalue weighted by Crippen LogP contribution is 2.57. The van der Waals surface area contributed by atoms with E-state index in [0.717, 1.165) is 0 Å². The molecule has 0 nitrogen and oxygen atoms in total. The third-order valence-electron chi connectivity index (χ3n) is 13.3. The zero-order chi connectivity index (χ0) is 36.2. The van der Waals surface area contributed by atoms with Gasteiger partial charge in [-0.25, -0.2) is 0 Å². The van der Waals surface area contributed by atoms with Gasteiger partial charge >= 0.3 is 0 Å². The molecule has 0 fully saturated rings. The SMILES string of the molecule is CC1(C)c2cc(-c3ccc4ccc5cccc6ccc3c4c56)c3ccccc3c2-c2c1cc(-c1ccc3ccc4cccc5ccc1c3c45)c1ccccc21. The molecule has 13 rings (SSSR count). The molecule has 0 saturated carbocycles. The summed E-state index contributed by atoms with van der Waals surface area (Å²) in [6.07, 6.45) is 0. The second-order valence-corrected chi connectivity index (χ2v) is 16.3. The molecule has 254 valence electrons. The summed E-state index contributed by atoms with van der Waals surface area (Å²) in [7, 11) is 0. The highest BCUT2D eigenvalue weighted by Gasteiger charge is 2.39. The summed E-state index contributed by atoms with van der Waals surface area (Å²) < 4.78 is 0. The molecule has 0 atom stereocenters. The van der Waals surface area contributed by atoms with Gasteiger partial charge in [0.05, 0.1) is 0 Å². The summed E-state index contributed by atoms with van der Waals surface area (Å²) in [5.74, 6) is 0. The van der Waals surface area contributed by atoms with Crippen LogP contribution in [0.15, 0.2) is 170 Å². The quantitative estimate of drug-likeness (QED) is 0.158. The Labute approximate surface area is 318 Å². The average molecular weight is 695 g/mol. The molecule has 0 amide bonds. The second-order valence-electron chi connectivity index (χ2n) is 16.3. The van der Waals surface area contributed by atoms with Crippen molar-refractivity contribution in [3.05, 3.63) is 181 Å². The van der Waals surface area contributed by atoms with Crippen molar-refractivity contribution in [3.63, 3.8) is 0 Å². The number of fused-ring (bicyclic) bond motifs is 7. The molecule has 0 spiro atoms. The molecule has 0 aliphatic heterocycles. The van der Waals surface area contributed by atoms with Crippen LogP contribution in [-0.2, 0) is 5.41 Å². The van der Waals surface area contributed by atoms with E-state index in [0.29, 0.717) is 0 Å². The molecule has 12 aromatic carbocycles. The van der Waals surface area contributed by atoms with Gasteiger partial charge in [0.25, 0.3) is 0 Å². The summed E-state index contributed by atoms with van der Waals surface area (Å²) >= 11 is 0. The minimum absolute atomic E-state index is 0.226. The van der Waals surface area contributed by atoms with Gasteiger partial charge in [-0.05, 0) is 143 Å². The first kappa shape index (κ1) is 29.7. The Hall–Kier alpha value is -6.76. The molecule has 0 heterocycles. The predicted octanol–water partition coefficient (Wildman–Crippen LogP) is 15.4. The van der Waals surface area contributed by atoms with Crippen LogP contribution in [-0.4, -0.2) is 0 Å². The normalized spacial score (nSPS) is 13.8. The summed E-state index contributed by atoms with van der Waals surface area (Å²) in [5.41, 5.74) is 10.6. The van der Waals surface area contributed by atoms with Crippen LogP contribution in [0.2, 0.25) is 0 Å². The molecular weight excluding hydrogens is 661 g/mol. The van der Waals surface area contributed by atoms with Crippen molar-refractivity contribution in [1.29, 1.82) is 0 Å². The highest BCUT2D eigenvalue weighted by molar-refractivity contribution is 6.28. The topological polar surface area (TPSA) is 0 Å². The number of hydrogen-bond donors (Lipinski definition) is 0. The number of hydrogen-bond acceptors (Lipinski definition) is 0. The minimum atomic E-state index is -0.226. The van der Waals surface area contributed by atoms with E-state index in [4.69, 9.17) is 0 Å². The van der Waals surface area contributed by atoms with Crippen molar-refractivity contribution in [3.8, 4) is 33.4 Å². The molecule has 0 radical (unpaired) electrons. The van der Waals surface area contributed by atoms with Gasteiger partial charge in [0.2, 0.25) is 0 Å². The molecule has 0 unspecified atom stereocenters. The van der Waals surface area contributed by atoms with E-state index < -0.39 is 0 Å². The first-order valence-electron chi connectivity index (χ1n) is 19.5. The van der Waals surface area contributed by atoms with Gasteiger partial charge in [-0.3, -0.25) is 0 Å². The summed E-state index contributed by atoms with van der Waals surface area (Å²) in [6, 6.07) is 64.6. The Bertz CT molecular complexity index is 3350. The standard InChI is InChI=1S/C55H34/c1-55(2)47-29-45(39-25-21-35-19-17-31-9-7-11-33-23-27-43(39)51(35)49(31)33)37-13-3-5-15-41(37)53(47)54-42-16-6-4-14-38(42)46(30-48(54)55)40-26-22-36-20-18-32-10-8-12-34-24-28-44(40)52(36)50(32)34/h3-30H,1-2H3. The smallest absolute Gasteiger partial charge is 0.0159 e. The van der Waals surface area contributed by atoms with E-state index in [9.17, 15) is 0 Å². The Morgan fingerprint density at radius 2 is 0.618 bits per heavy atom. The molecule has 0 bridgehead atoms. The van der Waals surface area contributed by atoms with Crippen molar-refractivity contribution >= 4 is 86.2 Å². The van der Waals surface area contributed by atoms with Crippen molar-refractivity contribution in [2.24, 2.45) is 0 Å². The van der Waals surface area contributed by atoms with E-state index in [1.807, 2.05) is 0 Å². The van der Waals surface area contributed by atoms with Crippen LogP contribution < -0.4 is 0 Å². The highest BCUT2D eigenvalue weighted by atomic mass is 14.4. The predicted molar refractivity (Wildman–Crippen MR) is 237 cm³/mol. The third kappa shape index (κ3) is 3.72. The number of rotatable bonds is 2. The van der Waals surface area contributed by atoms with Gasteiger partial charge in [0, 0.05) is 5.41 Å². The molecule has 0 saturated heterocycles. The fraction of sp³-hybridized carbons (Fsp3) is 0.0545. The van der Waals surface area contributed by atoms with E-state index >= 15 is 0 Å². The van der Waals surface area contributed by atoms with Gasteiger partial charge in [-0.15, -0.1) is 0 Å². The van der Waals surface area contributed by atoms with Crippen LogP contribution >= 0.6 is 0 Å². The van der Waals surface area contributed by atoms with Crippen LogP contribution in [0.5, 0.6) is 0 Å². The molecule has 0 N–H and O–H groups in total. The molecule has 1 aliphatic rings. The molecule has 0 aromatic heterocycles. The maximum Gasteiger partial charge on any atom is 0.0159 e. The second kappa shape index (κ2) is 10.3. The lowest BCUT2D eigenvalue weighted by Crippen LogP contribution is -2.15. The molecule has 1 aliphatic carbocycles. The zero-order valence-electron chi connectivity index (χ0n) is 30.7. The molecule has 0 heteroatoms. The van der Waals surface area contributed by atoms with Crippen molar-refractivity contribution in [2.75, 3.05) is 0 Å². The molecule has 12 aromatic rings. The lowest BCUT2D eigenvalue weighted by atomic mass is 9.78. The Morgan fingerprint density at radius 3 is 1.04 bits per heavy atom. The van der Waals surface area contributed by atoms with E-state index in [1.54, 1.807) is 0 Å². The van der Waals surface area contributed by atoms with Gasteiger partial charge in [-0.1, -0.05) is 172 Å². The lowest BCUT2D eigenvalue weighted by molar-refractivity contribution is 0.661. The maximum absolute atomic E-state index is 2.55. The fourth-order valence-corrected chi connectivity index (χ4v) is 10.8.